The highest BCUT2D eigenvalue weighted by Gasteiger charge is 2.61. The highest BCUT2D eigenvalue weighted by Crippen LogP contribution is 2.67. The fourth-order valence-corrected chi connectivity index (χ4v) is 8.98. The molecule has 0 unspecified atom stereocenters. The molecule has 2 aliphatic carbocycles. The van der Waals surface area contributed by atoms with Crippen LogP contribution in [-0.4, -0.2) is 17.5 Å². The summed E-state index contributed by atoms with van der Waals surface area (Å²) in [5.41, 5.74) is 0.497. The van der Waals surface area contributed by atoms with Gasteiger partial charge in [-0.05, 0) is 104 Å². The van der Waals surface area contributed by atoms with E-state index in [0.29, 0.717) is 6.42 Å². The fourth-order valence-electron chi connectivity index (χ4n) is 8.98. The molecule has 5 nitrogen and oxygen atoms in total. The minimum atomic E-state index is -0.694. The van der Waals surface area contributed by atoms with Crippen molar-refractivity contribution in [2.75, 3.05) is 5.32 Å². The number of allylic oxidation sites excluding steroid dienone is 4. The molecule has 0 heterocycles. The topological polar surface area (TPSA) is 87.0 Å². The normalized spacial score (nSPS) is 26.5. The summed E-state index contributed by atoms with van der Waals surface area (Å²) < 4.78 is 0. The van der Waals surface area contributed by atoms with Crippen LogP contribution in [0, 0.1) is 49.7 Å². The van der Waals surface area contributed by atoms with E-state index >= 15 is 0 Å². The minimum Gasteiger partial charge on any atom is -0.326 e. The number of fused-ring (bicyclic) bond motifs is 1. The number of nitrogens with one attached hydrogen (secondary N) is 1. The Morgan fingerprint density at radius 3 is 2.15 bits per heavy atom. The van der Waals surface area contributed by atoms with Crippen molar-refractivity contribution in [3.63, 3.8) is 0 Å². The number of Topliss-reactive ketones (excluding diaryl/α,β-unsaturated/α-hetero) is 1. The molecule has 0 radical (unpaired) electrons. The Morgan fingerprint density at radius 2 is 1.57 bits per heavy atom. The van der Waals surface area contributed by atoms with Crippen molar-refractivity contribution >= 4 is 23.2 Å². The molecular weight excluding hydrogens is 580 g/mol. The van der Waals surface area contributed by atoms with Crippen molar-refractivity contribution in [1.82, 2.24) is 0 Å². The summed E-state index contributed by atoms with van der Waals surface area (Å²) in [6.07, 6.45) is 13.1. The van der Waals surface area contributed by atoms with Crippen LogP contribution in [0.5, 0.6) is 0 Å². The Kier molecular flexibility index (Phi) is 11.6. The van der Waals surface area contributed by atoms with Gasteiger partial charge in [-0.25, -0.2) is 0 Å². The van der Waals surface area contributed by atoms with Gasteiger partial charge in [0.15, 0.2) is 11.6 Å². The summed E-state index contributed by atoms with van der Waals surface area (Å²) >= 11 is 0. The lowest BCUT2D eigenvalue weighted by Crippen LogP contribution is -2.55. The molecule has 1 aromatic carbocycles. The smallest absolute Gasteiger partial charge is 0.224 e. The zero-order chi connectivity index (χ0) is 35.5. The number of rotatable bonds is 14. The van der Waals surface area contributed by atoms with Crippen molar-refractivity contribution in [2.45, 2.75) is 140 Å². The maximum absolute atomic E-state index is 13.4. The third kappa shape index (κ3) is 8.36. The first kappa shape index (κ1) is 38.4. The van der Waals surface area contributed by atoms with E-state index in [9.17, 15) is 19.6 Å². The molecule has 47 heavy (non-hydrogen) atoms. The van der Waals surface area contributed by atoms with Crippen LogP contribution in [0.3, 0.4) is 0 Å². The Morgan fingerprint density at radius 1 is 0.957 bits per heavy atom. The molecule has 1 fully saturated rings. The number of hydrogen-bond donors (Lipinski definition) is 1. The van der Waals surface area contributed by atoms with E-state index in [4.69, 9.17) is 0 Å². The maximum atomic E-state index is 13.4. The SMILES string of the molecule is CCCC(C)(C)CC[C@](C)(CCC(=O)Nc1ccccc1)CCC(C)(C)[C@]1(C)CC[C@H]2C(C)(C)C(=O)C(C#N)=C[C@]2(C)/C1=C/C(C)=O. The largest absolute Gasteiger partial charge is 0.326 e. The molecule has 2 aliphatic rings. The van der Waals surface area contributed by atoms with Gasteiger partial charge in [-0.1, -0.05) is 106 Å². The second-order valence-electron chi connectivity index (χ2n) is 17.6. The first-order valence-electron chi connectivity index (χ1n) is 17.9. The van der Waals surface area contributed by atoms with E-state index in [1.54, 1.807) is 6.92 Å². The van der Waals surface area contributed by atoms with Crippen molar-refractivity contribution in [2.24, 2.45) is 38.4 Å². The molecule has 5 heteroatoms. The maximum Gasteiger partial charge on any atom is 0.224 e. The van der Waals surface area contributed by atoms with Crippen LogP contribution in [0.2, 0.25) is 0 Å². The Bertz CT molecular complexity index is 1430. The molecule has 0 aliphatic heterocycles. The average Bonchev–Trinajstić information content (AvgIpc) is 2.98. The average molecular weight is 643 g/mol. The number of nitrogens with zero attached hydrogens (tertiary/aromatic N) is 1. The van der Waals surface area contributed by atoms with E-state index in [0.717, 1.165) is 62.6 Å². The number of carbonyl (C=O) groups excluding carboxylic acids is 3. The Labute approximate surface area is 286 Å². The number of para-hydroxylation sites is 1. The van der Waals surface area contributed by atoms with Gasteiger partial charge < -0.3 is 5.32 Å². The lowest BCUT2D eigenvalue weighted by Gasteiger charge is -2.61. The number of carbonyl (C=O) groups is 3. The van der Waals surface area contributed by atoms with Crippen LogP contribution in [0.15, 0.2) is 53.6 Å². The fraction of sp³-hybridized carbons (Fsp3) is 0.667. The van der Waals surface area contributed by atoms with Gasteiger partial charge in [0.2, 0.25) is 5.91 Å². The van der Waals surface area contributed by atoms with Crippen LogP contribution in [0.4, 0.5) is 5.69 Å². The van der Waals surface area contributed by atoms with Gasteiger partial charge in [-0.2, -0.15) is 5.26 Å². The minimum absolute atomic E-state index is 0.00191. The van der Waals surface area contributed by atoms with Gasteiger partial charge in [0, 0.05) is 22.9 Å². The van der Waals surface area contributed by atoms with Gasteiger partial charge in [0.25, 0.3) is 0 Å². The van der Waals surface area contributed by atoms with E-state index < -0.39 is 10.8 Å². The number of nitriles is 1. The lowest BCUT2D eigenvalue weighted by atomic mass is 9.42. The first-order chi connectivity index (χ1) is 21.7. The highest BCUT2D eigenvalue weighted by molar-refractivity contribution is 6.04. The van der Waals surface area contributed by atoms with E-state index in [1.807, 2.05) is 56.3 Å². The Hall–Kier alpha value is -3.00. The second-order valence-corrected chi connectivity index (χ2v) is 17.6. The van der Waals surface area contributed by atoms with E-state index in [1.165, 1.54) is 6.42 Å². The number of amides is 1. The van der Waals surface area contributed by atoms with Crippen LogP contribution < -0.4 is 5.32 Å². The lowest BCUT2D eigenvalue weighted by molar-refractivity contribution is -0.131. The molecule has 1 aromatic rings. The predicted molar refractivity (Wildman–Crippen MR) is 194 cm³/mol. The van der Waals surface area contributed by atoms with Crippen LogP contribution in [0.1, 0.15) is 140 Å². The number of anilines is 1. The van der Waals surface area contributed by atoms with Crippen molar-refractivity contribution in [3.8, 4) is 6.07 Å². The molecule has 1 saturated carbocycles. The highest BCUT2D eigenvalue weighted by atomic mass is 16.1. The monoisotopic (exact) mass is 642 g/mol. The second kappa shape index (κ2) is 14.2. The van der Waals surface area contributed by atoms with Gasteiger partial charge in [0.05, 0.1) is 5.57 Å². The number of hydrogen-bond acceptors (Lipinski definition) is 4. The van der Waals surface area contributed by atoms with E-state index in [2.05, 4.69) is 66.8 Å². The molecule has 258 valence electrons. The molecule has 0 aromatic heterocycles. The molecule has 1 amide bonds. The summed E-state index contributed by atoms with van der Waals surface area (Å²) in [5.74, 6) is -0.0410. The molecule has 4 atom stereocenters. The molecule has 1 N–H and O–H groups in total. The number of ketones is 2. The zero-order valence-electron chi connectivity index (χ0n) is 31.4. The van der Waals surface area contributed by atoms with E-state index in [-0.39, 0.29) is 50.6 Å². The third-order valence-electron chi connectivity index (χ3n) is 12.6. The van der Waals surface area contributed by atoms with Gasteiger partial charge >= 0.3 is 0 Å². The van der Waals surface area contributed by atoms with Crippen LogP contribution >= 0.6 is 0 Å². The Balaban J connectivity index is 1.94. The third-order valence-corrected chi connectivity index (χ3v) is 12.6. The molecule has 3 rings (SSSR count). The van der Waals surface area contributed by atoms with Crippen molar-refractivity contribution in [1.29, 1.82) is 5.26 Å². The predicted octanol–water partition coefficient (Wildman–Crippen LogP) is 10.8. The van der Waals surface area contributed by atoms with Gasteiger partial charge in [-0.3, -0.25) is 14.4 Å². The summed E-state index contributed by atoms with van der Waals surface area (Å²) in [4.78, 5) is 39.3. The quantitative estimate of drug-likeness (QED) is 0.205. The van der Waals surface area contributed by atoms with Crippen molar-refractivity contribution < 1.29 is 14.4 Å². The summed E-state index contributed by atoms with van der Waals surface area (Å²) in [7, 11) is 0. The molecular formula is C42H62N2O3. The van der Waals surface area contributed by atoms with Crippen molar-refractivity contribution in [3.05, 3.63) is 53.6 Å². The zero-order valence-corrected chi connectivity index (χ0v) is 31.4. The van der Waals surface area contributed by atoms with Crippen LogP contribution in [-0.2, 0) is 14.4 Å². The molecule has 0 bridgehead atoms. The molecule has 0 saturated heterocycles. The summed E-state index contributed by atoms with van der Waals surface area (Å²) in [5, 5.41) is 13.1. The standard InChI is InChI=1S/C42H62N2O3/c1-12-20-37(3,4)23-25-40(9,21-19-35(46)44-32-16-14-13-15-17-32)26-24-38(5,6)42(11)22-18-33-39(7,8)36(47)31(29-43)28-41(33,10)34(42)27-30(2)45/h13-17,27-28,33H,12,18-26H2,1-11H3,(H,44,46)/b34-27-/t33-,40-,41-,42+/m0/s1. The summed E-state index contributed by atoms with van der Waals surface area (Å²) in [6, 6.07) is 11.9. The number of benzene rings is 1. The van der Waals surface area contributed by atoms with Gasteiger partial charge in [-0.15, -0.1) is 0 Å². The first-order valence-corrected chi connectivity index (χ1v) is 17.9. The van der Waals surface area contributed by atoms with Gasteiger partial charge in [0.1, 0.15) is 6.07 Å². The molecule has 0 spiro atoms. The summed E-state index contributed by atoms with van der Waals surface area (Å²) in [6.45, 7) is 24.0. The van der Waals surface area contributed by atoms with Crippen LogP contribution in [0.25, 0.3) is 0 Å².